The second-order valence-corrected chi connectivity index (χ2v) is 14.5. The topological polar surface area (TPSA) is 41.3 Å². The Morgan fingerprint density at radius 3 is 2.14 bits per heavy atom. The Morgan fingerprint density at radius 1 is 0.905 bits per heavy atom. The zero-order valence-electron chi connectivity index (χ0n) is 28.3. The lowest BCUT2D eigenvalue weighted by molar-refractivity contribution is 0.100. The molecule has 0 spiro atoms. The second-order valence-electron chi connectivity index (χ2n) is 14.5. The Labute approximate surface area is 259 Å². The van der Waals surface area contributed by atoms with Crippen LogP contribution in [-0.4, -0.2) is 18.6 Å². The van der Waals surface area contributed by atoms with Crippen molar-refractivity contribution in [3.63, 3.8) is 0 Å². The van der Waals surface area contributed by atoms with Crippen molar-refractivity contribution >= 4 is 5.69 Å². The van der Waals surface area contributed by atoms with E-state index in [4.69, 9.17) is 5.73 Å². The van der Waals surface area contributed by atoms with E-state index < -0.39 is 0 Å². The van der Waals surface area contributed by atoms with E-state index in [2.05, 4.69) is 128 Å². The zero-order chi connectivity index (χ0) is 31.8. The van der Waals surface area contributed by atoms with Gasteiger partial charge in [-0.05, 0) is 92.5 Å². The molecule has 1 heterocycles. The Morgan fingerprint density at radius 2 is 1.55 bits per heavy atom. The number of para-hydroxylation sites is 1. The van der Waals surface area contributed by atoms with E-state index in [0.29, 0.717) is 6.54 Å². The first-order valence-electron chi connectivity index (χ1n) is 15.9. The highest BCUT2D eigenvalue weighted by atomic mass is 15.1. The van der Waals surface area contributed by atoms with E-state index in [0.717, 1.165) is 62.9 Å². The van der Waals surface area contributed by atoms with Gasteiger partial charge in [-0.25, -0.2) is 0 Å². The summed E-state index contributed by atoms with van der Waals surface area (Å²) >= 11 is 0. The molecule has 1 aliphatic rings. The van der Waals surface area contributed by atoms with Gasteiger partial charge < -0.3 is 16.0 Å². The van der Waals surface area contributed by atoms with Crippen LogP contribution in [0.25, 0.3) is 0 Å². The molecule has 3 N–H and O–H groups in total. The molecule has 0 aromatic heterocycles. The molecule has 0 aliphatic carbocycles. The predicted molar refractivity (Wildman–Crippen MR) is 188 cm³/mol. The van der Waals surface area contributed by atoms with Gasteiger partial charge in [0.05, 0.1) is 5.54 Å². The number of nitrogens with zero attached hydrogens (tertiary/aromatic N) is 1. The van der Waals surface area contributed by atoms with E-state index in [1.54, 1.807) is 0 Å². The summed E-state index contributed by atoms with van der Waals surface area (Å²) < 4.78 is 0. The molecular formula is C39H61N3. The highest BCUT2D eigenvalue weighted by Crippen LogP contribution is 2.43. The maximum absolute atomic E-state index is 6.11. The lowest BCUT2D eigenvalue weighted by Crippen LogP contribution is -2.44. The first-order valence-corrected chi connectivity index (χ1v) is 15.9. The van der Waals surface area contributed by atoms with Gasteiger partial charge in [-0.3, -0.25) is 0 Å². The SMILES string of the molecule is C=C/C1=C(\C=C)CN(C(=C)CCC(C)(C=CC)NC(=C)C(C)(C)CCCC(C)(C)C(C)(C)CN)c2ccccc2CC1. The molecule has 0 bridgehead atoms. The minimum Gasteiger partial charge on any atom is -0.380 e. The van der Waals surface area contributed by atoms with Gasteiger partial charge in [0.1, 0.15) is 0 Å². The maximum Gasteiger partial charge on any atom is 0.0528 e. The van der Waals surface area contributed by atoms with Crippen LogP contribution in [0.5, 0.6) is 0 Å². The predicted octanol–water partition coefficient (Wildman–Crippen LogP) is 10.0. The van der Waals surface area contributed by atoms with Crippen molar-refractivity contribution < 1.29 is 0 Å². The summed E-state index contributed by atoms with van der Waals surface area (Å²) in [5.41, 5.74) is 13.4. The summed E-state index contributed by atoms with van der Waals surface area (Å²) in [6.07, 6.45) is 15.5. The summed E-state index contributed by atoms with van der Waals surface area (Å²) in [7, 11) is 0. The highest BCUT2D eigenvalue weighted by Gasteiger charge is 2.36. The average Bonchev–Trinajstić information content (AvgIpc) is 2.92. The van der Waals surface area contributed by atoms with Crippen LogP contribution in [0.4, 0.5) is 5.69 Å². The summed E-state index contributed by atoms with van der Waals surface area (Å²) in [5, 5.41) is 3.86. The number of nitrogens with one attached hydrogen (secondary N) is 1. The molecule has 0 amide bonds. The van der Waals surface area contributed by atoms with Crippen molar-refractivity contribution in [1.82, 2.24) is 5.32 Å². The summed E-state index contributed by atoms with van der Waals surface area (Å²) in [5.74, 6) is 0. The van der Waals surface area contributed by atoms with E-state index in [-0.39, 0.29) is 21.8 Å². The fourth-order valence-corrected chi connectivity index (χ4v) is 5.83. The second kappa shape index (κ2) is 14.6. The average molecular weight is 572 g/mol. The first kappa shape index (κ1) is 35.4. The van der Waals surface area contributed by atoms with Gasteiger partial charge in [0.25, 0.3) is 0 Å². The van der Waals surface area contributed by atoms with Crippen LogP contribution >= 0.6 is 0 Å². The molecule has 0 radical (unpaired) electrons. The van der Waals surface area contributed by atoms with Crippen molar-refractivity contribution in [2.24, 2.45) is 22.0 Å². The minimum atomic E-state index is -0.238. The molecule has 1 aromatic carbocycles. The van der Waals surface area contributed by atoms with Gasteiger partial charge in [0.15, 0.2) is 0 Å². The summed E-state index contributed by atoms with van der Waals surface area (Å²) in [6.45, 7) is 37.1. The Bertz CT molecular complexity index is 1180. The first-order chi connectivity index (χ1) is 19.6. The number of benzene rings is 1. The molecule has 0 saturated heterocycles. The van der Waals surface area contributed by atoms with Crippen molar-refractivity contribution in [1.29, 1.82) is 0 Å². The molecule has 0 saturated carbocycles. The van der Waals surface area contributed by atoms with Crippen LogP contribution in [0.3, 0.4) is 0 Å². The highest BCUT2D eigenvalue weighted by molar-refractivity contribution is 5.61. The largest absolute Gasteiger partial charge is 0.380 e. The van der Waals surface area contributed by atoms with Crippen LogP contribution in [-0.2, 0) is 6.42 Å². The summed E-state index contributed by atoms with van der Waals surface area (Å²) in [6, 6.07) is 8.73. The van der Waals surface area contributed by atoms with Gasteiger partial charge in [0, 0.05) is 29.0 Å². The number of hydrogen-bond acceptors (Lipinski definition) is 3. The third-order valence-corrected chi connectivity index (χ3v) is 10.2. The van der Waals surface area contributed by atoms with Crippen molar-refractivity contribution in [2.45, 2.75) is 106 Å². The molecule has 3 nitrogen and oxygen atoms in total. The fourth-order valence-electron chi connectivity index (χ4n) is 5.83. The number of fused-ring (bicyclic) bond motifs is 1. The van der Waals surface area contributed by atoms with Crippen molar-refractivity contribution in [3.05, 3.63) is 103 Å². The number of aryl methyl sites for hydroxylation is 1. The lowest BCUT2D eigenvalue weighted by Gasteiger charge is -2.42. The third-order valence-electron chi connectivity index (χ3n) is 10.2. The zero-order valence-corrected chi connectivity index (χ0v) is 28.3. The lowest BCUT2D eigenvalue weighted by atomic mass is 9.65. The van der Waals surface area contributed by atoms with Crippen LogP contribution in [0.1, 0.15) is 99.5 Å². The van der Waals surface area contributed by atoms with Crippen LogP contribution in [0.2, 0.25) is 0 Å². The van der Waals surface area contributed by atoms with E-state index in [1.807, 2.05) is 12.2 Å². The molecule has 1 unspecified atom stereocenters. The fraction of sp³-hybridized carbons (Fsp3) is 0.538. The van der Waals surface area contributed by atoms with Gasteiger partial charge in [0.2, 0.25) is 0 Å². The molecule has 2 rings (SSSR count). The van der Waals surface area contributed by atoms with E-state index in [1.165, 1.54) is 22.4 Å². The number of nitrogens with two attached hydrogens (primary N) is 1. The number of allylic oxidation sites excluding steroid dienone is 5. The van der Waals surface area contributed by atoms with E-state index in [9.17, 15) is 0 Å². The van der Waals surface area contributed by atoms with Gasteiger partial charge in [-0.2, -0.15) is 0 Å². The molecule has 0 fully saturated rings. The molecule has 232 valence electrons. The molecule has 42 heavy (non-hydrogen) atoms. The van der Waals surface area contributed by atoms with Gasteiger partial charge >= 0.3 is 0 Å². The third kappa shape index (κ3) is 8.86. The number of rotatable bonds is 16. The summed E-state index contributed by atoms with van der Waals surface area (Å²) in [4.78, 5) is 2.38. The smallest absolute Gasteiger partial charge is 0.0528 e. The van der Waals surface area contributed by atoms with Gasteiger partial charge in [-0.1, -0.05) is 117 Å². The monoisotopic (exact) mass is 571 g/mol. The molecule has 1 aliphatic heterocycles. The van der Waals surface area contributed by atoms with Crippen LogP contribution in [0.15, 0.2) is 97.4 Å². The molecule has 1 aromatic rings. The Kier molecular flexibility index (Phi) is 12.3. The van der Waals surface area contributed by atoms with E-state index >= 15 is 0 Å². The Balaban J connectivity index is 2.17. The maximum atomic E-state index is 6.11. The van der Waals surface area contributed by atoms with Crippen LogP contribution < -0.4 is 16.0 Å². The normalized spacial score (nSPS) is 18.1. The molecule has 3 heteroatoms. The standard InChI is InChI=1S/C39H61N3/c1-13-24-39(12,41-31(5)36(6,7)25-18-26-37(8,9)38(10,11)29-40)27-23-30(4)42-28-33(15-3)32(14-2)21-22-34-19-16-17-20-35(34)42/h13-17,19-20,24,41H,2-5,18,21-23,25-29,40H2,1,6-12H3/b24-13?,33-32-. The number of hydrogen-bond donors (Lipinski definition) is 2. The van der Waals surface area contributed by atoms with Crippen LogP contribution in [0, 0.1) is 16.2 Å². The quantitative estimate of drug-likeness (QED) is 0.194. The van der Waals surface area contributed by atoms with Crippen molar-refractivity contribution in [3.8, 4) is 0 Å². The molecule has 1 atom stereocenters. The van der Waals surface area contributed by atoms with Crippen molar-refractivity contribution in [2.75, 3.05) is 18.0 Å². The Hall–Kier alpha value is -2.78. The molecular weight excluding hydrogens is 510 g/mol. The van der Waals surface area contributed by atoms with Gasteiger partial charge in [-0.15, -0.1) is 0 Å². The minimum absolute atomic E-state index is 0.0322. The number of anilines is 1.